The fourth-order valence-electron chi connectivity index (χ4n) is 1.37. The van der Waals surface area contributed by atoms with E-state index in [0.717, 1.165) is 13.0 Å². The summed E-state index contributed by atoms with van der Waals surface area (Å²) in [5.74, 6) is 0.119. The zero-order valence-corrected chi connectivity index (χ0v) is 10.1. The second-order valence-electron chi connectivity index (χ2n) is 3.61. The van der Waals surface area contributed by atoms with E-state index in [1.54, 1.807) is 11.3 Å². The molecule has 1 unspecified atom stereocenters. The van der Waals surface area contributed by atoms with E-state index in [9.17, 15) is 4.79 Å². The molecule has 1 aromatic rings. The summed E-state index contributed by atoms with van der Waals surface area (Å²) >= 11 is 1.73. The Kier molecular flexibility index (Phi) is 5.36. The molecule has 1 heterocycles. The Bertz CT molecular complexity index is 285. The highest BCUT2D eigenvalue weighted by Gasteiger charge is 2.07. The van der Waals surface area contributed by atoms with Crippen LogP contribution in [0.25, 0.3) is 0 Å². The lowest BCUT2D eigenvalue weighted by atomic mass is 10.2. The van der Waals surface area contributed by atoms with Crippen LogP contribution in [0.2, 0.25) is 0 Å². The molecule has 0 aliphatic carbocycles. The van der Waals surface area contributed by atoms with Gasteiger partial charge in [-0.3, -0.25) is 4.79 Å². The van der Waals surface area contributed by atoms with Gasteiger partial charge in [-0.25, -0.2) is 0 Å². The Morgan fingerprint density at radius 3 is 3.00 bits per heavy atom. The largest absolute Gasteiger partial charge is 0.353 e. The molecule has 1 rings (SSSR count). The van der Waals surface area contributed by atoms with Crippen LogP contribution in [0.1, 0.15) is 18.2 Å². The van der Waals surface area contributed by atoms with Gasteiger partial charge in [-0.05, 0) is 25.4 Å². The smallest absolute Gasteiger partial charge is 0.221 e. The standard InChI is InChI=1S/C11H18N2OS/c1-9(8-10-4-3-7-15-10)13-11(14)5-6-12-2/h3-4,7,9,12H,5-6,8H2,1-2H3,(H,13,14). The van der Waals surface area contributed by atoms with Gasteiger partial charge in [0.2, 0.25) is 5.91 Å². The van der Waals surface area contributed by atoms with Crippen molar-refractivity contribution in [2.75, 3.05) is 13.6 Å². The minimum Gasteiger partial charge on any atom is -0.353 e. The minimum absolute atomic E-state index is 0.119. The van der Waals surface area contributed by atoms with Gasteiger partial charge in [-0.2, -0.15) is 0 Å². The molecular formula is C11H18N2OS. The van der Waals surface area contributed by atoms with Crippen molar-refractivity contribution in [3.8, 4) is 0 Å². The number of carbonyl (C=O) groups excluding carboxylic acids is 1. The fraction of sp³-hybridized carbons (Fsp3) is 0.545. The Morgan fingerprint density at radius 2 is 2.40 bits per heavy atom. The highest BCUT2D eigenvalue weighted by molar-refractivity contribution is 7.09. The van der Waals surface area contributed by atoms with Crippen LogP contribution < -0.4 is 10.6 Å². The fourth-order valence-corrected chi connectivity index (χ4v) is 2.20. The molecule has 84 valence electrons. The van der Waals surface area contributed by atoms with Gasteiger partial charge < -0.3 is 10.6 Å². The number of rotatable bonds is 6. The summed E-state index contributed by atoms with van der Waals surface area (Å²) in [6.07, 6.45) is 1.47. The van der Waals surface area contributed by atoms with E-state index in [1.807, 2.05) is 20.0 Å². The molecular weight excluding hydrogens is 208 g/mol. The predicted molar refractivity (Wildman–Crippen MR) is 64.2 cm³/mol. The van der Waals surface area contributed by atoms with Gasteiger partial charge in [-0.15, -0.1) is 11.3 Å². The van der Waals surface area contributed by atoms with Gasteiger partial charge in [0, 0.05) is 30.3 Å². The maximum Gasteiger partial charge on any atom is 0.221 e. The topological polar surface area (TPSA) is 41.1 Å². The van der Waals surface area contributed by atoms with Gasteiger partial charge in [0.05, 0.1) is 0 Å². The number of hydrogen-bond donors (Lipinski definition) is 2. The summed E-state index contributed by atoms with van der Waals surface area (Å²) in [4.78, 5) is 12.7. The molecule has 0 fully saturated rings. The molecule has 1 atom stereocenters. The van der Waals surface area contributed by atoms with Crippen LogP contribution in [0.5, 0.6) is 0 Å². The first kappa shape index (κ1) is 12.2. The zero-order valence-electron chi connectivity index (χ0n) is 9.25. The Labute approximate surface area is 94.9 Å². The molecule has 0 aliphatic heterocycles. The normalized spacial score (nSPS) is 12.4. The van der Waals surface area contributed by atoms with Crippen LogP contribution in [0.3, 0.4) is 0 Å². The first-order valence-electron chi connectivity index (χ1n) is 5.18. The third-order valence-corrected chi connectivity index (χ3v) is 3.00. The number of amides is 1. The molecule has 15 heavy (non-hydrogen) atoms. The van der Waals surface area contributed by atoms with Crippen LogP contribution in [0.4, 0.5) is 0 Å². The molecule has 4 heteroatoms. The summed E-state index contributed by atoms with van der Waals surface area (Å²) in [6, 6.07) is 4.35. The lowest BCUT2D eigenvalue weighted by Gasteiger charge is -2.12. The quantitative estimate of drug-likeness (QED) is 0.770. The Morgan fingerprint density at radius 1 is 1.60 bits per heavy atom. The van der Waals surface area contributed by atoms with Crippen molar-refractivity contribution in [2.45, 2.75) is 25.8 Å². The van der Waals surface area contributed by atoms with E-state index in [2.05, 4.69) is 22.1 Å². The van der Waals surface area contributed by atoms with Crippen molar-refractivity contribution in [2.24, 2.45) is 0 Å². The number of thiophene rings is 1. The minimum atomic E-state index is 0.119. The summed E-state index contributed by atoms with van der Waals surface area (Å²) in [5.41, 5.74) is 0. The van der Waals surface area contributed by atoms with E-state index in [0.29, 0.717) is 6.42 Å². The molecule has 0 aliphatic rings. The Balaban J connectivity index is 2.23. The summed E-state index contributed by atoms with van der Waals surface area (Å²) < 4.78 is 0. The molecule has 0 radical (unpaired) electrons. The lowest BCUT2D eigenvalue weighted by molar-refractivity contribution is -0.121. The van der Waals surface area contributed by atoms with Crippen LogP contribution >= 0.6 is 11.3 Å². The van der Waals surface area contributed by atoms with Crippen LogP contribution in [-0.2, 0) is 11.2 Å². The summed E-state index contributed by atoms with van der Waals surface area (Å²) in [5, 5.41) is 8.00. The maximum absolute atomic E-state index is 11.4. The van der Waals surface area contributed by atoms with Crippen LogP contribution in [0, 0.1) is 0 Å². The SMILES string of the molecule is CNCCC(=O)NC(C)Cc1cccs1. The van der Waals surface area contributed by atoms with Crippen molar-refractivity contribution in [1.29, 1.82) is 0 Å². The lowest BCUT2D eigenvalue weighted by Crippen LogP contribution is -2.35. The molecule has 0 aromatic carbocycles. The van der Waals surface area contributed by atoms with E-state index in [-0.39, 0.29) is 11.9 Å². The second kappa shape index (κ2) is 6.58. The van der Waals surface area contributed by atoms with Crippen molar-refractivity contribution >= 4 is 17.2 Å². The first-order chi connectivity index (χ1) is 7.22. The number of carbonyl (C=O) groups is 1. The highest BCUT2D eigenvalue weighted by atomic mass is 32.1. The average Bonchev–Trinajstić information content (AvgIpc) is 2.67. The van der Waals surface area contributed by atoms with E-state index in [1.165, 1.54) is 4.88 Å². The van der Waals surface area contributed by atoms with E-state index < -0.39 is 0 Å². The van der Waals surface area contributed by atoms with Gasteiger partial charge in [0.25, 0.3) is 0 Å². The monoisotopic (exact) mass is 226 g/mol. The third kappa shape index (κ3) is 4.95. The van der Waals surface area contributed by atoms with E-state index >= 15 is 0 Å². The Hall–Kier alpha value is -0.870. The molecule has 1 amide bonds. The van der Waals surface area contributed by atoms with Gasteiger partial charge in [-0.1, -0.05) is 6.07 Å². The van der Waals surface area contributed by atoms with Crippen molar-refractivity contribution in [1.82, 2.24) is 10.6 Å². The molecule has 0 spiro atoms. The first-order valence-corrected chi connectivity index (χ1v) is 6.06. The average molecular weight is 226 g/mol. The second-order valence-corrected chi connectivity index (χ2v) is 4.64. The van der Waals surface area contributed by atoms with Crippen molar-refractivity contribution < 1.29 is 4.79 Å². The third-order valence-electron chi connectivity index (χ3n) is 2.10. The van der Waals surface area contributed by atoms with Gasteiger partial charge in [0.1, 0.15) is 0 Å². The summed E-state index contributed by atoms with van der Waals surface area (Å²) in [6.45, 7) is 2.77. The van der Waals surface area contributed by atoms with Crippen molar-refractivity contribution in [3.05, 3.63) is 22.4 Å². The van der Waals surface area contributed by atoms with E-state index in [4.69, 9.17) is 0 Å². The van der Waals surface area contributed by atoms with Crippen molar-refractivity contribution in [3.63, 3.8) is 0 Å². The number of hydrogen-bond acceptors (Lipinski definition) is 3. The molecule has 3 nitrogen and oxygen atoms in total. The van der Waals surface area contributed by atoms with Gasteiger partial charge in [0.15, 0.2) is 0 Å². The zero-order chi connectivity index (χ0) is 11.1. The molecule has 0 bridgehead atoms. The number of nitrogens with one attached hydrogen (secondary N) is 2. The summed E-state index contributed by atoms with van der Waals surface area (Å²) in [7, 11) is 1.85. The van der Waals surface area contributed by atoms with Crippen LogP contribution in [-0.4, -0.2) is 25.5 Å². The molecule has 1 aromatic heterocycles. The predicted octanol–water partition coefficient (Wildman–Crippen LogP) is 1.40. The van der Waals surface area contributed by atoms with Gasteiger partial charge >= 0.3 is 0 Å². The molecule has 0 saturated carbocycles. The highest BCUT2D eigenvalue weighted by Crippen LogP contribution is 2.10. The molecule has 0 saturated heterocycles. The van der Waals surface area contributed by atoms with Crippen LogP contribution in [0.15, 0.2) is 17.5 Å². The maximum atomic E-state index is 11.4. The molecule has 2 N–H and O–H groups in total.